The van der Waals surface area contributed by atoms with Crippen LogP contribution in [0, 0.1) is 0 Å². The third kappa shape index (κ3) is 24.6. The molecule has 0 amide bonds. The molecule has 0 radical (unpaired) electrons. The largest absolute Gasteiger partial charge is 0.388 e. The van der Waals surface area contributed by atoms with Gasteiger partial charge in [0, 0.05) is 27.2 Å². The van der Waals surface area contributed by atoms with Gasteiger partial charge in [0.1, 0.15) is 5.78 Å². The van der Waals surface area contributed by atoms with E-state index in [-0.39, 0.29) is 5.78 Å². The summed E-state index contributed by atoms with van der Waals surface area (Å²) in [5.74, 6) is 0.215. The zero-order valence-electron chi connectivity index (χ0n) is 16.2. The first kappa shape index (κ1) is 26.4. The van der Waals surface area contributed by atoms with E-state index < -0.39 is 0 Å². The summed E-state index contributed by atoms with van der Waals surface area (Å²) in [6.07, 6.45) is 5.64. The molecule has 0 atom stereocenters. The van der Waals surface area contributed by atoms with Crippen LogP contribution in [-0.2, 0) is 14.3 Å². The molecule has 0 N–H and O–H groups in total. The van der Waals surface area contributed by atoms with Gasteiger partial charge in [-0.1, -0.05) is 27.7 Å². The SMILES string of the molecule is CC.CC.CC(=O)CCOCCCCN1CCCC1.COC. The third-order valence-electron chi connectivity index (χ3n) is 2.81. The van der Waals surface area contributed by atoms with Crippen molar-refractivity contribution < 1.29 is 14.3 Å². The number of hydrogen-bond acceptors (Lipinski definition) is 4. The summed E-state index contributed by atoms with van der Waals surface area (Å²) in [6.45, 7) is 14.8. The van der Waals surface area contributed by atoms with E-state index in [9.17, 15) is 4.79 Å². The highest BCUT2D eigenvalue weighted by molar-refractivity contribution is 5.75. The highest BCUT2D eigenvalue weighted by Gasteiger charge is 2.09. The summed E-state index contributed by atoms with van der Waals surface area (Å²) in [7, 11) is 3.25. The number of carbonyl (C=O) groups is 1. The molecule has 0 aromatic carbocycles. The van der Waals surface area contributed by atoms with Crippen molar-refractivity contribution in [3.8, 4) is 0 Å². The van der Waals surface area contributed by atoms with Crippen molar-refractivity contribution in [2.45, 2.75) is 66.7 Å². The Balaban J connectivity index is -0.000000446. The normalized spacial score (nSPS) is 13.0. The number of methoxy groups -OCH3 is 1. The molecule has 1 aliphatic rings. The van der Waals surface area contributed by atoms with Crippen LogP contribution in [0.3, 0.4) is 0 Å². The van der Waals surface area contributed by atoms with Crippen LogP contribution in [0.1, 0.15) is 66.7 Å². The fourth-order valence-electron chi connectivity index (χ4n) is 1.86. The lowest BCUT2D eigenvalue weighted by atomic mass is 10.3. The van der Waals surface area contributed by atoms with E-state index in [2.05, 4.69) is 9.64 Å². The molecule has 1 rings (SSSR count). The van der Waals surface area contributed by atoms with Crippen LogP contribution >= 0.6 is 0 Å². The van der Waals surface area contributed by atoms with E-state index in [1.54, 1.807) is 21.1 Å². The predicted molar refractivity (Wildman–Crippen MR) is 96.7 cm³/mol. The first-order valence-corrected chi connectivity index (χ1v) is 8.90. The maximum atomic E-state index is 10.6. The number of ether oxygens (including phenoxy) is 2. The number of ketones is 1. The Morgan fingerprint density at radius 2 is 1.45 bits per heavy atom. The molecular weight excluding hydrogens is 278 g/mol. The summed E-state index contributed by atoms with van der Waals surface area (Å²) in [4.78, 5) is 13.1. The van der Waals surface area contributed by atoms with E-state index in [0.717, 1.165) is 13.0 Å². The molecule has 0 saturated carbocycles. The topological polar surface area (TPSA) is 38.8 Å². The van der Waals surface area contributed by atoms with Gasteiger partial charge in [-0.15, -0.1) is 0 Å². The van der Waals surface area contributed by atoms with Gasteiger partial charge in [-0.2, -0.15) is 0 Å². The lowest BCUT2D eigenvalue weighted by Crippen LogP contribution is -2.20. The number of nitrogens with zero attached hydrogens (tertiary/aromatic N) is 1. The zero-order chi connectivity index (χ0) is 17.6. The Morgan fingerprint density at radius 3 is 1.91 bits per heavy atom. The van der Waals surface area contributed by atoms with Crippen LogP contribution < -0.4 is 0 Å². The summed E-state index contributed by atoms with van der Waals surface area (Å²) < 4.78 is 9.62. The molecule has 136 valence electrons. The minimum Gasteiger partial charge on any atom is -0.388 e. The van der Waals surface area contributed by atoms with Gasteiger partial charge in [0.25, 0.3) is 0 Å². The molecule has 0 aliphatic carbocycles. The standard InChI is InChI=1S/C12H23NO2.C2H6O.2C2H6/c1-12(14)6-11-15-10-5-4-9-13-7-2-3-8-13;1-3-2;2*1-2/h2-11H2,1H3;1-2H3;2*1-2H3. The van der Waals surface area contributed by atoms with E-state index in [1.165, 1.54) is 38.9 Å². The Kier molecular flexibility index (Phi) is 30.7. The van der Waals surface area contributed by atoms with Crippen LogP contribution in [0.15, 0.2) is 0 Å². The molecule has 22 heavy (non-hydrogen) atoms. The van der Waals surface area contributed by atoms with Gasteiger partial charge >= 0.3 is 0 Å². The van der Waals surface area contributed by atoms with E-state index >= 15 is 0 Å². The maximum absolute atomic E-state index is 10.6. The predicted octanol–water partition coefficient (Wildman–Crippen LogP) is 4.17. The number of hydrogen-bond donors (Lipinski definition) is 0. The van der Waals surface area contributed by atoms with Gasteiger partial charge in [-0.05, 0) is 52.2 Å². The van der Waals surface area contributed by atoms with Crippen molar-refractivity contribution in [1.29, 1.82) is 0 Å². The molecule has 1 fully saturated rings. The number of unbranched alkanes of at least 4 members (excludes halogenated alkanes) is 1. The third-order valence-corrected chi connectivity index (χ3v) is 2.81. The monoisotopic (exact) mass is 319 g/mol. The second-order valence-corrected chi connectivity index (χ2v) is 4.73. The molecule has 0 bridgehead atoms. The van der Waals surface area contributed by atoms with Gasteiger partial charge in [0.05, 0.1) is 6.61 Å². The van der Waals surface area contributed by atoms with Crippen molar-refractivity contribution in [1.82, 2.24) is 4.90 Å². The van der Waals surface area contributed by atoms with E-state index in [4.69, 9.17) is 4.74 Å². The van der Waals surface area contributed by atoms with Crippen LogP contribution in [0.5, 0.6) is 0 Å². The summed E-state index contributed by atoms with van der Waals surface area (Å²) in [5, 5.41) is 0. The highest BCUT2D eigenvalue weighted by Crippen LogP contribution is 2.08. The lowest BCUT2D eigenvalue weighted by molar-refractivity contribution is -0.118. The Labute approximate surface area is 139 Å². The summed E-state index contributed by atoms with van der Waals surface area (Å²) >= 11 is 0. The van der Waals surface area contributed by atoms with Gasteiger partial charge in [0.2, 0.25) is 0 Å². The van der Waals surface area contributed by atoms with Crippen LogP contribution in [0.2, 0.25) is 0 Å². The molecule has 0 unspecified atom stereocenters. The van der Waals surface area contributed by atoms with Crippen molar-refractivity contribution >= 4 is 5.78 Å². The molecule has 0 aromatic heterocycles. The maximum Gasteiger partial charge on any atom is 0.132 e. The molecule has 4 nitrogen and oxygen atoms in total. The van der Waals surface area contributed by atoms with E-state index in [0.29, 0.717) is 13.0 Å². The van der Waals surface area contributed by atoms with Crippen LogP contribution in [-0.4, -0.2) is 57.8 Å². The van der Waals surface area contributed by atoms with Crippen LogP contribution in [0.25, 0.3) is 0 Å². The molecule has 1 heterocycles. The van der Waals surface area contributed by atoms with Crippen molar-refractivity contribution in [3.05, 3.63) is 0 Å². The first-order valence-electron chi connectivity index (χ1n) is 8.90. The second-order valence-electron chi connectivity index (χ2n) is 4.73. The average Bonchev–Trinajstić information content (AvgIpc) is 3.04. The minimum atomic E-state index is 0.215. The number of rotatable bonds is 8. The molecular formula is C18H41NO3. The molecule has 1 saturated heterocycles. The molecule has 0 aromatic rings. The van der Waals surface area contributed by atoms with Crippen LogP contribution in [0.4, 0.5) is 0 Å². The fourth-order valence-corrected chi connectivity index (χ4v) is 1.86. The first-order chi connectivity index (χ1) is 10.7. The number of carbonyl (C=O) groups excluding carboxylic acids is 1. The van der Waals surface area contributed by atoms with Gasteiger partial charge in [0.15, 0.2) is 0 Å². The lowest BCUT2D eigenvalue weighted by Gasteiger charge is -2.13. The van der Waals surface area contributed by atoms with Crippen molar-refractivity contribution in [3.63, 3.8) is 0 Å². The molecule has 4 heteroatoms. The Morgan fingerprint density at radius 1 is 0.955 bits per heavy atom. The molecule has 1 aliphatic heterocycles. The summed E-state index contributed by atoms with van der Waals surface area (Å²) in [6, 6.07) is 0. The highest BCUT2D eigenvalue weighted by atomic mass is 16.5. The zero-order valence-corrected chi connectivity index (χ0v) is 16.2. The number of Topliss-reactive ketones (excluding diaryl/α,β-unsaturated/α-hetero) is 1. The minimum absolute atomic E-state index is 0.215. The van der Waals surface area contributed by atoms with E-state index in [1.807, 2.05) is 27.7 Å². The molecule has 0 spiro atoms. The second kappa shape index (κ2) is 25.5. The summed E-state index contributed by atoms with van der Waals surface area (Å²) in [5.41, 5.74) is 0. The average molecular weight is 320 g/mol. The smallest absolute Gasteiger partial charge is 0.132 e. The van der Waals surface area contributed by atoms with Gasteiger partial charge < -0.3 is 14.4 Å². The van der Waals surface area contributed by atoms with Gasteiger partial charge in [-0.3, -0.25) is 4.79 Å². The van der Waals surface area contributed by atoms with Crippen molar-refractivity contribution in [2.24, 2.45) is 0 Å². The quantitative estimate of drug-likeness (QED) is 0.629. The number of likely N-dealkylation sites (tertiary alicyclic amines) is 1. The van der Waals surface area contributed by atoms with Crippen molar-refractivity contribution in [2.75, 3.05) is 47.1 Å². The van der Waals surface area contributed by atoms with Gasteiger partial charge in [-0.25, -0.2) is 0 Å². The Hall–Kier alpha value is -0.450. The Bertz CT molecular complexity index is 193. The fraction of sp³-hybridized carbons (Fsp3) is 0.944.